The normalized spacial score (nSPS) is 21.1. The van der Waals surface area contributed by atoms with Gasteiger partial charge in [0.05, 0.1) is 18.8 Å². The van der Waals surface area contributed by atoms with Crippen LogP contribution in [0.3, 0.4) is 0 Å². The van der Waals surface area contributed by atoms with E-state index in [1.165, 1.54) is 5.57 Å². The third-order valence-electron chi connectivity index (χ3n) is 7.21. The van der Waals surface area contributed by atoms with Crippen molar-refractivity contribution in [1.82, 2.24) is 5.32 Å². The summed E-state index contributed by atoms with van der Waals surface area (Å²) in [6.07, 6.45) is 18.9. The molecule has 1 fully saturated rings. The van der Waals surface area contributed by atoms with Crippen LogP contribution in [0.25, 0.3) is 0 Å². The summed E-state index contributed by atoms with van der Waals surface area (Å²) in [5, 5.41) is 3.37. The molecule has 1 saturated carbocycles. The molecule has 1 rings (SSSR count). The highest BCUT2D eigenvalue weighted by Gasteiger charge is 2.40. The largest absolute Gasteiger partial charge is 0.414 e. The summed E-state index contributed by atoms with van der Waals surface area (Å²) in [7, 11) is -0.0903. The maximum atomic E-state index is 12.5. The van der Waals surface area contributed by atoms with Gasteiger partial charge >= 0.3 is 0 Å². The van der Waals surface area contributed by atoms with Gasteiger partial charge in [0.2, 0.25) is 5.91 Å². The molecule has 0 aromatic carbocycles. The Balaban J connectivity index is 2.52. The number of nitrogens with one attached hydrogen (secondary N) is 1. The SMILES string of the molecule is C=CC[C@@H](CC/C(C)=C/C=C/CC/C=C\[C@H](CO[Si](C)(C)C(C)(C)C)NC(=O)[C@@H]1C[C@@H]1C)OC. The molecule has 0 aliphatic heterocycles. The Morgan fingerprint density at radius 1 is 1.24 bits per heavy atom. The van der Waals surface area contributed by atoms with E-state index < -0.39 is 8.32 Å². The van der Waals surface area contributed by atoms with Crippen LogP contribution < -0.4 is 5.32 Å². The molecule has 0 radical (unpaired) electrons. The van der Waals surface area contributed by atoms with E-state index in [1.54, 1.807) is 7.11 Å². The number of ether oxygens (including phenoxy) is 1. The molecular weight excluding hydrogens is 438 g/mol. The smallest absolute Gasteiger partial charge is 0.223 e. The van der Waals surface area contributed by atoms with Crippen molar-refractivity contribution in [3.63, 3.8) is 0 Å². The summed E-state index contributed by atoms with van der Waals surface area (Å²) >= 11 is 0. The van der Waals surface area contributed by atoms with Gasteiger partial charge in [0.25, 0.3) is 0 Å². The van der Waals surface area contributed by atoms with Crippen molar-refractivity contribution < 1.29 is 14.0 Å². The van der Waals surface area contributed by atoms with Crippen LogP contribution in [-0.2, 0) is 14.0 Å². The fourth-order valence-corrected chi connectivity index (χ4v) is 4.44. The molecule has 5 heteroatoms. The van der Waals surface area contributed by atoms with E-state index in [2.05, 4.69) is 90.0 Å². The van der Waals surface area contributed by atoms with Crippen LogP contribution in [0.15, 0.2) is 48.6 Å². The molecule has 0 aromatic heterocycles. The van der Waals surface area contributed by atoms with Gasteiger partial charge in [0.1, 0.15) is 0 Å². The zero-order valence-electron chi connectivity index (χ0n) is 23.2. The Morgan fingerprint density at radius 2 is 1.88 bits per heavy atom. The van der Waals surface area contributed by atoms with Crippen LogP contribution in [0.4, 0.5) is 0 Å². The highest BCUT2D eigenvalue weighted by molar-refractivity contribution is 6.74. The second kappa shape index (κ2) is 14.8. The van der Waals surface area contributed by atoms with Crippen molar-refractivity contribution in [2.24, 2.45) is 11.8 Å². The van der Waals surface area contributed by atoms with Gasteiger partial charge in [-0.1, -0.05) is 69.7 Å². The summed E-state index contributed by atoms with van der Waals surface area (Å²) in [6, 6.07) is -0.0650. The summed E-state index contributed by atoms with van der Waals surface area (Å²) < 4.78 is 11.9. The Morgan fingerprint density at radius 3 is 2.44 bits per heavy atom. The average Bonchev–Trinajstić information content (AvgIpc) is 3.49. The number of unbranched alkanes of at least 4 members (excludes halogenated alkanes) is 1. The van der Waals surface area contributed by atoms with E-state index >= 15 is 0 Å². The molecular formula is C29H51NO3Si. The van der Waals surface area contributed by atoms with Gasteiger partial charge in [0.15, 0.2) is 8.32 Å². The van der Waals surface area contributed by atoms with Gasteiger partial charge in [-0.15, -0.1) is 6.58 Å². The first-order valence-electron chi connectivity index (χ1n) is 13.0. The van der Waals surface area contributed by atoms with Gasteiger partial charge in [-0.2, -0.15) is 0 Å². The van der Waals surface area contributed by atoms with Crippen LogP contribution in [0.1, 0.15) is 73.1 Å². The topological polar surface area (TPSA) is 47.6 Å². The summed E-state index contributed by atoms with van der Waals surface area (Å²) in [5.41, 5.74) is 1.36. The predicted molar refractivity (Wildman–Crippen MR) is 148 cm³/mol. The summed E-state index contributed by atoms with van der Waals surface area (Å²) in [6.45, 7) is 19.9. The standard InChI is InChI=1S/C29H51NO3Si/c1-10-16-26(32-7)20-19-23(2)17-14-12-11-13-15-18-25(30-28(31)27-21-24(27)3)22-33-34(8,9)29(4,5)6/h10,12,14-15,17-18,24-27H,1,11,13,16,19-22H2,2-9H3,(H,30,31)/b14-12+,18-15-,23-17+/t24-,25+,26-,27+/m0/s1. The molecule has 1 aliphatic rings. The number of methoxy groups -OCH3 is 1. The molecule has 4 atom stereocenters. The first-order chi connectivity index (χ1) is 15.9. The van der Waals surface area contributed by atoms with Crippen molar-refractivity contribution in [3.05, 3.63) is 48.6 Å². The fourth-order valence-electron chi connectivity index (χ4n) is 3.41. The monoisotopic (exact) mass is 489 g/mol. The second-order valence-corrected chi connectivity index (χ2v) is 16.2. The quantitative estimate of drug-likeness (QED) is 0.107. The molecule has 194 valence electrons. The van der Waals surface area contributed by atoms with Crippen molar-refractivity contribution >= 4 is 14.2 Å². The Bertz CT molecular complexity index is 717. The number of carbonyl (C=O) groups excluding carboxylic acids is 1. The van der Waals surface area contributed by atoms with E-state index in [9.17, 15) is 4.79 Å². The maximum Gasteiger partial charge on any atom is 0.223 e. The van der Waals surface area contributed by atoms with Crippen LogP contribution in [0, 0.1) is 11.8 Å². The van der Waals surface area contributed by atoms with E-state index in [-0.39, 0.29) is 29.0 Å². The minimum absolute atomic E-state index is 0.0650. The van der Waals surface area contributed by atoms with Gasteiger partial charge in [0, 0.05) is 13.0 Å². The van der Waals surface area contributed by atoms with Gasteiger partial charge in [-0.3, -0.25) is 4.79 Å². The number of hydrogen-bond acceptors (Lipinski definition) is 3. The number of carbonyl (C=O) groups is 1. The molecule has 0 bridgehead atoms. The number of rotatable bonds is 16. The van der Waals surface area contributed by atoms with Gasteiger partial charge < -0.3 is 14.5 Å². The molecule has 0 aromatic rings. The van der Waals surface area contributed by atoms with E-state index in [0.29, 0.717) is 12.5 Å². The van der Waals surface area contributed by atoms with Crippen LogP contribution >= 0.6 is 0 Å². The van der Waals surface area contributed by atoms with Crippen molar-refractivity contribution in [3.8, 4) is 0 Å². The van der Waals surface area contributed by atoms with Crippen LogP contribution in [0.5, 0.6) is 0 Å². The molecule has 1 amide bonds. The average molecular weight is 490 g/mol. The van der Waals surface area contributed by atoms with Crippen molar-refractivity contribution in [2.45, 2.75) is 103 Å². The molecule has 34 heavy (non-hydrogen) atoms. The van der Waals surface area contributed by atoms with E-state index in [4.69, 9.17) is 9.16 Å². The number of amides is 1. The number of allylic oxidation sites excluding steroid dienone is 5. The molecule has 4 nitrogen and oxygen atoms in total. The Kier molecular flexibility index (Phi) is 13.4. The minimum atomic E-state index is -1.86. The third-order valence-corrected chi connectivity index (χ3v) is 11.7. The van der Waals surface area contributed by atoms with Crippen LogP contribution in [-0.4, -0.2) is 40.1 Å². The van der Waals surface area contributed by atoms with Crippen molar-refractivity contribution in [2.75, 3.05) is 13.7 Å². The molecule has 1 N–H and O–H groups in total. The molecule has 1 aliphatic carbocycles. The highest BCUT2D eigenvalue weighted by atomic mass is 28.4. The molecule has 0 heterocycles. The zero-order chi connectivity index (χ0) is 25.8. The van der Waals surface area contributed by atoms with Gasteiger partial charge in [-0.25, -0.2) is 0 Å². The third kappa shape index (κ3) is 11.8. The fraction of sp³-hybridized carbons (Fsp3) is 0.690. The Labute approximate surface area is 211 Å². The Hall–Kier alpha value is -1.43. The van der Waals surface area contributed by atoms with E-state index in [1.807, 2.05) is 6.08 Å². The highest BCUT2D eigenvalue weighted by Crippen LogP contribution is 2.38. The lowest BCUT2D eigenvalue weighted by molar-refractivity contribution is -0.123. The summed E-state index contributed by atoms with van der Waals surface area (Å²) in [5.74, 6) is 0.859. The lowest BCUT2D eigenvalue weighted by Crippen LogP contribution is -2.46. The van der Waals surface area contributed by atoms with Crippen molar-refractivity contribution in [1.29, 1.82) is 0 Å². The minimum Gasteiger partial charge on any atom is -0.414 e. The first-order valence-corrected chi connectivity index (χ1v) is 15.9. The first kappa shape index (κ1) is 30.6. The van der Waals surface area contributed by atoms with E-state index in [0.717, 1.165) is 38.5 Å². The maximum absolute atomic E-state index is 12.5. The summed E-state index contributed by atoms with van der Waals surface area (Å²) in [4.78, 5) is 12.5. The number of hydrogen-bond donors (Lipinski definition) is 1. The lowest BCUT2D eigenvalue weighted by Gasteiger charge is -2.37. The van der Waals surface area contributed by atoms with Crippen LogP contribution in [0.2, 0.25) is 18.1 Å². The van der Waals surface area contributed by atoms with Gasteiger partial charge in [-0.05, 0) is 69.5 Å². The molecule has 0 saturated heterocycles. The molecule has 0 spiro atoms. The predicted octanol–water partition coefficient (Wildman–Crippen LogP) is 7.36. The lowest BCUT2D eigenvalue weighted by atomic mass is 10.1. The second-order valence-electron chi connectivity index (χ2n) is 11.4. The zero-order valence-corrected chi connectivity index (χ0v) is 24.2. The molecule has 0 unspecified atom stereocenters.